The standard InChI is InChI=1S/C16H16N4O/c17-15-20-16(9-21-15)5-4-11-2-1-3-13(14(11)6-16)12-7-18-10-19-8-12/h1-3,7-8,10H,4-6,9H2,(H2,17,20)/t16-/m0/s1. The van der Waals surface area contributed by atoms with Crippen LogP contribution in [-0.2, 0) is 17.6 Å². The summed E-state index contributed by atoms with van der Waals surface area (Å²) in [5.41, 5.74) is 10.5. The molecule has 0 unspecified atom stereocenters. The highest BCUT2D eigenvalue weighted by molar-refractivity contribution is 5.74. The molecule has 0 amide bonds. The van der Waals surface area contributed by atoms with Crippen LogP contribution in [0.15, 0.2) is 41.9 Å². The van der Waals surface area contributed by atoms with Crippen LogP contribution < -0.4 is 5.73 Å². The third-order valence-corrected chi connectivity index (χ3v) is 4.35. The average molecular weight is 280 g/mol. The maximum Gasteiger partial charge on any atom is 0.282 e. The number of rotatable bonds is 1. The minimum atomic E-state index is -0.192. The third-order valence-electron chi connectivity index (χ3n) is 4.35. The molecule has 0 saturated carbocycles. The molecule has 0 fully saturated rings. The lowest BCUT2D eigenvalue weighted by Gasteiger charge is -2.31. The summed E-state index contributed by atoms with van der Waals surface area (Å²) in [4.78, 5) is 12.8. The maximum absolute atomic E-state index is 5.72. The summed E-state index contributed by atoms with van der Waals surface area (Å²) in [5, 5.41) is 0. The Morgan fingerprint density at radius 1 is 1.19 bits per heavy atom. The van der Waals surface area contributed by atoms with Gasteiger partial charge >= 0.3 is 0 Å². The topological polar surface area (TPSA) is 73.4 Å². The molecule has 1 atom stereocenters. The van der Waals surface area contributed by atoms with Gasteiger partial charge in [-0.2, -0.15) is 0 Å². The number of aryl methyl sites for hydroxylation is 1. The zero-order chi connectivity index (χ0) is 14.3. The number of ether oxygens (including phenoxy) is 1. The average Bonchev–Trinajstić information content (AvgIpc) is 2.88. The summed E-state index contributed by atoms with van der Waals surface area (Å²) in [6, 6.07) is 6.73. The Morgan fingerprint density at radius 3 is 2.81 bits per heavy atom. The first-order valence-corrected chi connectivity index (χ1v) is 7.10. The van der Waals surface area contributed by atoms with Crippen molar-refractivity contribution in [1.29, 1.82) is 0 Å². The number of nitrogens with two attached hydrogens (primary N) is 1. The van der Waals surface area contributed by atoms with E-state index in [0.29, 0.717) is 12.6 Å². The lowest BCUT2D eigenvalue weighted by Crippen LogP contribution is -2.35. The van der Waals surface area contributed by atoms with Crippen LogP contribution in [0.1, 0.15) is 17.5 Å². The molecule has 0 radical (unpaired) electrons. The number of hydrogen-bond acceptors (Lipinski definition) is 5. The molecule has 2 heterocycles. The fraction of sp³-hybridized carbons (Fsp3) is 0.312. The summed E-state index contributed by atoms with van der Waals surface area (Å²) < 4.78 is 5.41. The van der Waals surface area contributed by atoms with Crippen molar-refractivity contribution in [3.05, 3.63) is 48.0 Å². The predicted molar refractivity (Wildman–Crippen MR) is 79.8 cm³/mol. The zero-order valence-corrected chi connectivity index (χ0v) is 11.6. The normalized spacial score (nSPS) is 23.5. The molecule has 2 aliphatic rings. The first kappa shape index (κ1) is 12.3. The van der Waals surface area contributed by atoms with Crippen LogP contribution >= 0.6 is 0 Å². The molecule has 1 aromatic heterocycles. The van der Waals surface area contributed by atoms with Gasteiger partial charge in [-0.3, -0.25) is 0 Å². The van der Waals surface area contributed by atoms with Gasteiger partial charge in [-0.15, -0.1) is 0 Å². The van der Waals surface area contributed by atoms with Gasteiger partial charge in [0.25, 0.3) is 6.02 Å². The second kappa shape index (κ2) is 4.55. The van der Waals surface area contributed by atoms with Gasteiger partial charge in [0.15, 0.2) is 0 Å². The molecule has 2 aromatic rings. The van der Waals surface area contributed by atoms with Gasteiger partial charge in [0.2, 0.25) is 0 Å². The van der Waals surface area contributed by atoms with Crippen LogP contribution in [0.3, 0.4) is 0 Å². The monoisotopic (exact) mass is 280 g/mol. The molecule has 5 heteroatoms. The fourth-order valence-corrected chi connectivity index (χ4v) is 3.30. The summed E-state index contributed by atoms with van der Waals surface area (Å²) in [5.74, 6) is 0. The SMILES string of the molecule is NC1=N[C@]2(CCc3cccc(-c4cncnc4)c3C2)CO1. The van der Waals surface area contributed by atoms with Crippen LogP contribution in [-0.4, -0.2) is 28.1 Å². The Bertz CT molecular complexity index is 713. The number of hydrogen-bond donors (Lipinski definition) is 1. The minimum Gasteiger partial charge on any atom is -0.463 e. The van der Waals surface area contributed by atoms with Crippen LogP contribution in [0.2, 0.25) is 0 Å². The van der Waals surface area contributed by atoms with Crippen molar-refractivity contribution >= 4 is 6.02 Å². The minimum absolute atomic E-state index is 0.192. The van der Waals surface area contributed by atoms with Crippen molar-refractivity contribution in [2.45, 2.75) is 24.8 Å². The number of amidine groups is 1. The largest absolute Gasteiger partial charge is 0.463 e. The molecule has 2 N–H and O–H groups in total. The smallest absolute Gasteiger partial charge is 0.282 e. The number of fused-ring (bicyclic) bond motifs is 1. The van der Waals surface area contributed by atoms with Crippen molar-refractivity contribution in [3.63, 3.8) is 0 Å². The number of benzene rings is 1. The summed E-state index contributed by atoms with van der Waals surface area (Å²) in [6.45, 7) is 0.581. The van der Waals surface area contributed by atoms with Gasteiger partial charge in [0.1, 0.15) is 18.5 Å². The summed E-state index contributed by atoms with van der Waals surface area (Å²) >= 11 is 0. The lowest BCUT2D eigenvalue weighted by molar-refractivity contribution is 0.235. The van der Waals surface area contributed by atoms with Gasteiger partial charge in [-0.1, -0.05) is 18.2 Å². The maximum atomic E-state index is 5.72. The van der Waals surface area contributed by atoms with Gasteiger partial charge in [-0.25, -0.2) is 15.0 Å². The first-order valence-electron chi connectivity index (χ1n) is 7.10. The van der Waals surface area contributed by atoms with Gasteiger partial charge < -0.3 is 10.5 Å². The van der Waals surface area contributed by atoms with Crippen molar-refractivity contribution in [1.82, 2.24) is 9.97 Å². The quantitative estimate of drug-likeness (QED) is 0.863. The predicted octanol–water partition coefficient (Wildman–Crippen LogP) is 1.72. The van der Waals surface area contributed by atoms with Gasteiger partial charge in [0, 0.05) is 24.4 Å². The third kappa shape index (κ3) is 2.05. The van der Waals surface area contributed by atoms with Crippen molar-refractivity contribution in [3.8, 4) is 11.1 Å². The molecule has 1 aliphatic carbocycles. The second-order valence-electron chi connectivity index (χ2n) is 5.71. The molecule has 106 valence electrons. The van der Waals surface area contributed by atoms with Gasteiger partial charge in [-0.05, 0) is 29.5 Å². The first-order chi connectivity index (χ1) is 10.3. The van der Waals surface area contributed by atoms with E-state index >= 15 is 0 Å². The Labute approximate surface area is 122 Å². The molecule has 1 spiro atoms. The fourth-order valence-electron chi connectivity index (χ4n) is 3.30. The van der Waals surface area contributed by atoms with E-state index in [-0.39, 0.29) is 5.54 Å². The highest BCUT2D eigenvalue weighted by Crippen LogP contribution is 2.38. The summed E-state index contributed by atoms with van der Waals surface area (Å²) in [7, 11) is 0. The van der Waals surface area contributed by atoms with E-state index in [1.54, 1.807) is 6.33 Å². The van der Waals surface area contributed by atoms with Crippen molar-refractivity contribution < 1.29 is 4.74 Å². The Morgan fingerprint density at radius 2 is 2.05 bits per heavy atom. The number of aliphatic imine (C=N–C) groups is 1. The van der Waals surface area contributed by atoms with Crippen LogP contribution in [0, 0.1) is 0 Å². The summed E-state index contributed by atoms with van der Waals surface area (Å²) in [6.07, 6.45) is 8.09. The molecular formula is C16H16N4O. The lowest BCUT2D eigenvalue weighted by atomic mass is 9.76. The van der Waals surface area contributed by atoms with Crippen molar-refractivity contribution in [2.75, 3.05) is 6.61 Å². The van der Waals surface area contributed by atoms with Crippen LogP contribution in [0.5, 0.6) is 0 Å². The van der Waals surface area contributed by atoms with Crippen LogP contribution in [0.4, 0.5) is 0 Å². The highest BCUT2D eigenvalue weighted by Gasteiger charge is 2.40. The van der Waals surface area contributed by atoms with E-state index in [9.17, 15) is 0 Å². The molecule has 1 aliphatic heterocycles. The molecule has 21 heavy (non-hydrogen) atoms. The Kier molecular flexibility index (Phi) is 2.67. The molecular weight excluding hydrogens is 264 g/mol. The van der Waals surface area contributed by atoms with Gasteiger partial charge in [0.05, 0.1) is 0 Å². The van der Waals surface area contributed by atoms with E-state index in [0.717, 1.165) is 24.8 Å². The van der Waals surface area contributed by atoms with E-state index in [4.69, 9.17) is 10.5 Å². The Balaban J connectivity index is 1.80. The molecule has 5 nitrogen and oxygen atoms in total. The number of nitrogens with zero attached hydrogens (tertiary/aromatic N) is 3. The second-order valence-corrected chi connectivity index (χ2v) is 5.71. The van der Waals surface area contributed by atoms with Crippen molar-refractivity contribution in [2.24, 2.45) is 10.7 Å². The zero-order valence-electron chi connectivity index (χ0n) is 11.6. The van der Waals surface area contributed by atoms with E-state index in [1.807, 2.05) is 12.4 Å². The van der Waals surface area contributed by atoms with E-state index in [2.05, 4.69) is 33.2 Å². The highest BCUT2D eigenvalue weighted by atomic mass is 16.5. The molecule has 1 aromatic carbocycles. The van der Waals surface area contributed by atoms with E-state index in [1.165, 1.54) is 16.7 Å². The van der Waals surface area contributed by atoms with E-state index < -0.39 is 0 Å². The molecule has 4 rings (SSSR count). The van der Waals surface area contributed by atoms with Crippen LogP contribution in [0.25, 0.3) is 11.1 Å². The molecule has 0 saturated heterocycles. The Hall–Kier alpha value is -2.43. The number of aromatic nitrogens is 2. The molecule has 0 bridgehead atoms.